The fraction of sp³-hybridized carbons (Fsp3) is 0.579. The molecule has 1 saturated carbocycles. The minimum Gasteiger partial charge on any atom is -0.365 e. The SMILES string of the molecule is CCOC1(C(=O)Nc2cccc(C(=O)N(CC)CC)c2)CCCC1. The molecule has 0 unspecified atom stereocenters. The second kappa shape index (κ2) is 8.29. The molecule has 132 valence electrons. The molecule has 0 aromatic heterocycles. The summed E-state index contributed by atoms with van der Waals surface area (Å²) in [6.45, 7) is 7.68. The topological polar surface area (TPSA) is 58.6 Å². The maximum atomic E-state index is 12.7. The van der Waals surface area contributed by atoms with Crippen LogP contribution in [0, 0.1) is 0 Å². The van der Waals surface area contributed by atoms with Crippen molar-refractivity contribution in [3.8, 4) is 0 Å². The maximum absolute atomic E-state index is 12.7. The van der Waals surface area contributed by atoms with E-state index in [0.717, 1.165) is 25.7 Å². The Morgan fingerprint density at radius 2 is 1.83 bits per heavy atom. The van der Waals surface area contributed by atoms with Crippen LogP contribution in [0.2, 0.25) is 0 Å². The maximum Gasteiger partial charge on any atom is 0.256 e. The highest BCUT2D eigenvalue weighted by atomic mass is 16.5. The molecule has 2 amide bonds. The number of carbonyl (C=O) groups is 2. The Hall–Kier alpha value is -1.88. The summed E-state index contributed by atoms with van der Waals surface area (Å²) in [7, 11) is 0. The lowest BCUT2D eigenvalue weighted by molar-refractivity contribution is -0.140. The summed E-state index contributed by atoms with van der Waals surface area (Å²) < 4.78 is 5.79. The fourth-order valence-corrected chi connectivity index (χ4v) is 3.33. The molecule has 0 saturated heterocycles. The zero-order chi connectivity index (χ0) is 17.6. The molecule has 5 nitrogen and oxygen atoms in total. The Morgan fingerprint density at radius 1 is 1.17 bits per heavy atom. The molecular formula is C19H28N2O3. The minimum atomic E-state index is -0.715. The molecule has 1 aromatic carbocycles. The van der Waals surface area contributed by atoms with Gasteiger partial charge in [-0.15, -0.1) is 0 Å². The van der Waals surface area contributed by atoms with Gasteiger partial charge < -0.3 is 15.0 Å². The predicted molar refractivity (Wildman–Crippen MR) is 95.1 cm³/mol. The summed E-state index contributed by atoms with van der Waals surface area (Å²) in [6, 6.07) is 7.14. The van der Waals surface area contributed by atoms with E-state index in [1.54, 1.807) is 23.1 Å². The molecule has 2 rings (SSSR count). The van der Waals surface area contributed by atoms with Crippen molar-refractivity contribution in [2.45, 2.75) is 52.1 Å². The number of hydrogen-bond acceptors (Lipinski definition) is 3. The average Bonchev–Trinajstić information content (AvgIpc) is 3.06. The van der Waals surface area contributed by atoms with Crippen molar-refractivity contribution in [3.63, 3.8) is 0 Å². The quantitative estimate of drug-likeness (QED) is 0.832. The van der Waals surface area contributed by atoms with E-state index in [0.29, 0.717) is 30.9 Å². The van der Waals surface area contributed by atoms with Crippen molar-refractivity contribution in [2.24, 2.45) is 0 Å². The van der Waals surface area contributed by atoms with Crippen molar-refractivity contribution in [1.29, 1.82) is 0 Å². The van der Waals surface area contributed by atoms with Gasteiger partial charge in [-0.05, 0) is 64.7 Å². The number of nitrogens with one attached hydrogen (secondary N) is 1. The van der Waals surface area contributed by atoms with E-state index >= 15 is 0 Å². The minimum absolute atomic E-state index is 0.0171. The number of amides is 2. The molecular weight excluding hydrogens is 304 g/mol. The van der Waals surface area contributed by atoms with Gasteiger partial charge >= 0.3 is 0 Å². The Balaban J connectivity index is 2.14. The first-order valence-corrected chi connectivity index (χ1v) is 8.91. The molecule has 1 aromatic rings. The average molecular weight is 332 g/mol. The predicted octanol–water partition coefficient (Wildman–Crippen LogP) is 3.46. The van der Waals surface area contributed by atoms with Crippen LogP contribution in [0.15, 0.2) is 24.3 Å². The number of anilines is 1. The second-order valence-electron chi connectivity index (χ2n) is 6.15. The molecule has 1 aliphatic rings. The molecule has 0 aliphatic heterocycles. The van der Waals surface area contributed by atoms with Crippen molar-refractivity contribution in [1.82, 2.24) is 4.90 Å². The van der Waals surface area contributed by atoms with Crippen LogP contribution in [-0.2, 0) is 9.53 Å². The number of rotatable bonds is 7. The zero-order valence-corrected chi connectivity index (χ0v) is 14.9. The van der Waals surface area contributed by atoms with Gasteiger partial charge in [0, 0.05) is 30.9 Å². The van der Waals surface area contributed by atoms with Crippen molar-refractivity contribution < 1.29 is 14.3 Å². The Bertz CT molecular complexity index is 576. The summed E-state index contributed by atoms with van der Waals surface area (Å²) in [5.41, 5.74) is 0.519. The van der Waals surface area contributed by atoms with E-state index in [4.69, 9.17) is 4.74 Å². The third-order valence-electron chi connectivity index (χ3n) is 4.66. The smallest absolute Gasteiger partial charge is 0.256 e. The Labute approximate surface area is 144 Å². The third-order valence-corrected chi connectivity index (χ3v) is 4.66. The number of ether oxygens (including phenoxy) is 1. The number of hydrogen-bond donors (Lipinski definition) is 1. The van der Waals surface area contributed by atoms with Crippen LogP contribution in [0.4, 0.5) is 5.69 Å². The van der Waals surface area contributed by atoms with Crippen LogP contribution in [0.1, 0.15) is 56.8 Å². The van der Waals surface area contributed by atoms with Crippen molar-refractivity contribution in [3.05, 3.63) is 29.8 Å². The summed E-state index contributed by atoms with van der Waals surface area (Å²) in [6.07, 6.45) is 3.53. The largest absolute Gasteiger partial charge is 0.365 e. The molecule has 1 fully saturated rings. The van der Waals surface area contributed by atoms with Gasteiger partial charge in [0.2, 0.25) is 0 Å². The molecule has 0 radical (unpaired) electrons. The zero-order valence-electron chi connectivity index (χ0n) is 14.9. The van der Waals surface area contributed by atoms with Gasteiger partial charge in [-0.3, -0.25) is 9.59 Å². The van der Waals surface area contributed by atoms with Crippen molar-refractivity contribution in [2.75, 3.05) is 25.0 Å². The molecule has 24 heavy (non-hydrogen) atoms. The first-order valence-electron chi connectivity index (χ1n) is 8.91. The van der Waals surface area contributed by atoms with Gasteiger partial charge in [0.15, 0.2) is 0 Å². The number of nitrogens with zero attached hydrogens (tertiary/aromatic N) is 1. The highest BCUT2D eigenvalue weighted by Crippen LogP contribution is 2.34. The summed E-state index contributed by atoms with van der Waals surface area (Å²) >= 11 is 0. The second-order valence-corrected chi connectivity index (χ2v) is 6.15. The monoisotopic (exact) mass is 332 g/mol. The molecule has 0 spiro atoms. The van der Waals surface area contributed by atoms with Gasteiger partial charge in [-0.25, -0.2) is 0 Å². The van der Waals surface area contributed by atoms with E-state index in [-0.39, 0.29) is 11.8 Å². The van der Waals surface area contributed by atoms with Crippen LogP contribution in [0.3, 0.4) is 0 Å². The normalized spacial score (nSPS) is 16.0. The highest BCUT2D eigenvalue weighted by Gasteiger charge is 2.42. The molecule has 0 atom stereocenters. The lowest BCUT2D eigenvalue weighted by Gasteiger charge is -2.27. The Kier molecular flexibility index (Phi) is 6.37. The molecule has 5 heteroatoms. The summed E-state index contributed by atoms with van der Waals surface area (Å²) in [5, 5.41) is 2.95. The van der Waals surface area contributed by atoms with E-state index in [2.05, 4.69) is 5.32 Å². The first kappa shape index (κ1) is 18.5. The first-order chi connectivity index (χ1) is 11.6. The molecule has 0 bridgehead atoms. The van der Waals surface area contributed by atoms with Crippen LogP contribution in [0.25, 0.3) is 0 Å². The van der Waals surface area contributed by atoms with Gasteiger partial charge in [-0.2, -0.15) is 0 Å². The number of benzene rings is 1. The fourth-order valence-electron chi connectivity index (χ4n) is 3.33. The van der Waals surface area contributed by atoms with Crippen LogP contribution < -0.4 is 5.32 Å². The molecule has 1 N–H and O–H groups in total. The van der Waals surface area contributed by atoms with E-state index < -0.39 is 5.60 Å². The lowest BCUT2D eigenvalue weighted by Crippen LogP contribution is -2.43. The lowest BCUT2D eigenvalue weighted by atomic mass is 10.0. The summed E-state index contributed by atoms with van der Waals surface area (Å²) in [4.78, 5) is 26.9. The molecule has 0 heterocycles. The Morgan fingerprint density at radius 3 is 2.42 bits per heavy atom. The van der Waals surface area contributed by atoms with Crippen LogP contribution >= 0.6 is 0 Å². The third kappa shape index (κ3) is 3.96. The standard InChI is InChI=1S/C19H28N2O3/c1-4-21(5-2)17(22)15-10-9-11-16(14-15)20-18(23)19(24-6-3)12-7-8-13-19/h9-11,14H,4-8,12-13H2,1-3H3,(H,20,23). The summed E-state index contributed by atoms with van der Waals surface area (Å²) in [5.74, 6) is -0.120. The van der Waals surface area contributed by atoms with Crippen LogP contribution in [-0.4, -0.2) is 42.0 Å². The van der Waals surface area contributed by atoms with E-state index in [9.17, 15) is 9.59 Å². The van der Waals surface area contributed by atoms with Crippen molar-refractivity contribution >= 4 is 17.5 Å². The number of carbonyl (C=O) groups excluding carboxylic acids is 2. The van der Waals surface area contributed by atoms with E-state index in [1.807, 2.05) is 26.8 Å². The van der Waals surface area contributed by atoms with Gasteiger partial charge in [0.1, 0.15) is 5.60 Å². The molecule has 1 aliphatic carbocycles. The van der Waals surface area contributed by atoms with Gasteiger partial charge in [0.25, 0.3) is 11.8 Å². The van der Waals surface area contributed by atoms with Gasteiger partial charge in [0.05, 0.1) is 0 Å². The van der Waals surface area contributed by atoms with Crippen LogP contribution in [0.5, 0.6) is 0 Å². The van der Waals surface area contributed by atoms with Gasteiger partial charge in [-0.1, -0.05) is 6.07 Å². The highest BCUT2D eigenvalue weighted by molar-refractivity contribution is 6.00. The van der Waals surface area contributed by atoms with E-state index in [1.165, 1.54) is 0 Å².